The van der Waals surface area contributed by atoms with E-state index in [-0.39, 0.29) is 24.3 Å². The lowest BCUT2D eigenvalue weighted by atomic mass is 9.93. The molecule has 0 aromatic rings. The van der Waals surface area contributed by atoms with Crippen molar-refractivity contribution in [2.45, 2.75) is 83.8 Å². The Morgan fingerprint density at radius 1 is 1.11 bits per heavy atom. The molecule has 0 aromatic carbocycles. The number of amides is 2. The highest BCUT2D eigenvalue weighted by Crippen LogP contribution is 2.22. The zero-order chi connectivity index (χ0) is 20.8. The summed E-state index contributed by atoms with van der Waals surface area (Å²) in [6, 6.07) is 0. The number of hydrogen-bond acceptors (Lipinski definition) is 5. The minimum absolute atomic E-state index is 0.0213. The zero-order valence-corrected chi connectivity index (χ0v) is 17.3. The van der Waals surface area contributed by atoms with Crippen molar-refractivity contribution in [3.05, 3.63) is 11.6 Å². The Kier molecular flexibility index (Phi) is 12.2. The van der Waals surface area contributed by atoms with Gasteiger partial charge in [0.1, 0.15) is 0 Å². The Balaban J connectivity index is 2.40. The molecule has 1 aliphatic rings. The highest BCUT2D eigenvalue weighted by Gasteiger charge is 2.24. The topological polar surface area (TPSA) is 105 Å². The average molecular weight is 397 g/mol. The monoisotopic (exact) mass is 396 g/mol. The number of unbranched alkanes of at least 4 members (excludes halogenated alkanes) is 6. The van der Waals surface area contributed by atoms with Crippen LogP contribution in [0.5, 0.6) is 0 Å². The van der Waals surface area contributed by atoms with Crippen molar-refractivity contribution >= 4 is 17.8 Å². The number of cyclic esters (lactones) is 1. The Bertz CT molecular complexity index is 533. The summed E-state index contributed by atoms with van der Waals surface area (Å²) in [4.78, 5) is 35.4. The number of likely N-dealkylation sites (N-methyl/N-ethyl adjacent to an activating group) is 1. The summed E-state index contributed by atoms with van der Waals surface area (Å²) in [7, 11) is 1.54. The molecule has 1 heterocycles. The van der Waals surface area contributed by atoms with Gasteiger partial charge in [0.2, 0.25) is 18.1 Å². The van der Waals surface area contributed by atoms with Gasteiger partial charge >= 0.3 is 5.97 Å². The second-order valence-corrected chi connectivity index (χ2v) is 7.38. The van der Waals surface area contributed by atoms with E-state index in [2.05, 4.69) is 22.3 Å². The summed E-state index contributed by atoms with van der Waals surface area (Å²) in [6.07, 6.45) is 11.1. The number of esters is 1. The first-order chi connectivity index (χ1) is 13.5. The van der Waals surface area contributed by atoms with Crippen LogP contribution in [0.25, 0.3) is 0 Å². The third-order valence-electron chi connectivity index (χ3n) is 5.06. The van der Waals surface area contributed by atoms with E-state index in [4.69, 9.17) is 0 Å². The van der Waals surface area contributed by atoms with Crippen LogP contribution in [0.2, 0.25) is 0 Å². The second kappa shape index (κ2) is 14.2. The third kappa shape index (κ3) is 9.88. The molecule has 2 atom stereocenters. The largest absolute Gasteiger partial charge is 0.429 e. The van der Waals surface area contributed by atoms with Gasteiger partial charge in [-0.15, -0.1) is 0 Å². The van der Waals surface area contributed by atoms with Crippen molar-refractivity contribution in [1.29, 1.82) is 0 Å². The number of ether oxygens (including phenoxy) is 1. The minimum Gasteiger partial charge on any atom is -0.429 e. The molecule has 7 nitrogen and oxygen atoms in total. The van der Waals surface area contributed by atoms with Gasteiger partial charge in [-0.1, -0.05) is 51.9 Å². The van der Waals surface area contributed by atoms with Crippen LogP contribution in [0.3, 0.4) is 0 Å². The molecule has 0 spiro atoms. The molecule has 0 radical (unpaired) electrons. The maximum atomic E-state index is 12.5. The molecule has 2 unspecified atom stereocenters. The van der Waals surface area contributed by atoms with Gasteiger partial charge in [0.15, 0.2) is 0 Å². The summed E-state index contributed by atoms with van der Waals surface area (Å²) in [5.74, 6) is -1.00. The Morgan fingerprint density at radius 2 is 1.75 bits per heavy atom. The van der Waals surface area contributed by atoms with Crippen molar-refractivity contribution in [3.8, 4) is 0 Å². The molecule has 3 N–H and O–H groups in total. The Hall–Kier alpha value is -1.89. The highest BCUT2D eigenvalue weighted by molar-refractivity contribution is 5.90. The standard InChI is InChI=1S/C21H36N2O5/c1-3-4-5-6-7-8-9-11-16(20(26)23-15-18(24)22-2)12-10-13-17-14-19(25)28-21(17)27/h14,16,19,25H,3-13,15H2,1-2H3,(H,22,24)(H,23,26). The van der Waals surface area contributed by atoms with Crippen LogP contribution in [0, 0.1) is 5.92 Å². The predicted octanol–water partition coefficient (Wildman–Crippen LogP) is 2.58. The predicted molar refractivity (Wildman–Crippen MR) is 107 cm³/mol. The van der Waals surface area contributed by atoms with Gasteiger partial charge in [-0.3, -0.25) is 9.59 Å². The lowest BCUT2D eigenvalue weighted by Gasteiger charge is -2.16. The molecule has 0 saturated heterocycles. The van der Waals surface area contributed by atoms with Crippen LogP contribution in [-0.4, -0.2) is 42.8 Å². The van der Waals surface area contributed by atoms with Gasteiger partial charge in [0, 0.05) is 18.5 Å². The van der Waals surface area contributed by atoms with Crippen LogP contribution >= 0.6 is 0 Å². The fourth-order valence-electron chi connectivity index (χ4n) is 3.34. The maximum Gasteiger partial charge on any atom is 0.336 e. The van der Waals surface area contributed by atoms with E-state index in [1.165, 1.54) is 45.2 Å². The number of aliphatic hydroxyl groups is 1. The van der Waals surface area contributed by atoms with Crippen LogP contribution < -0.4 is 10.6 Å². The van der Waals surface area contributed by atoms with Gasteiger partial charge in [0.25, 0.3) is 0 Å². The van der Waals surface area contributed by atoms with Crippen LogP contribution in [0.4, 0.5) is 0 Å². The molecular weight excluding hydrogens is 360 g/mol. The Labute approximate surface area is 168 Å². The number of hydrogen-bond donors (Lipinski definition) is 3. The van der Waals surface area contributed by atoms with E-state index in [1.54, 1.807) is 0 Å². The first-order valence-corrected chi connectivity index (χ1v) is 10.6. The molecule has 0 aromatic heterocycles. The van der Waals surface area contributed by atoms with Crippen molar-refractivity contribution in [3.63, 3.8) is 0 Å². The summed E-state index contributed by atoms with van der Waals surface area (Å²) < 4.78 is 4.68. The summed E-state index contributed by atoms with van der Waals surface area (Å²) >= 11 is 0. The molecule has 0 fully saturated rings. The molecule has 160 valence electrons. The molecular formula is C21H36N2O5. The van der Waals surface area contributed by atoms with Gasteiger partial charge in [-0.2, -0.15) is 0 Å². The molecule has 0 bridgehead atoms. The van der Waals surface area contributed by atoms with Gasteiger partial charge < -0.3 is 20.5 Å². The summed E-state index contributed by atoms with van der Waals surface area (Å²) in [6.45, 7) is 2.18. The van der Waals surface area contributed by atoms with Crippen LogP contribution in [0.15, 0.2) is 11.6 Å². The molecule has 7 heteroatoms. The SMILES string of the molecule is CCCCCCCCCC(CCCC1=CC(O)OC1=O)C(=O)NCC(=O)NC. The second-order valence-electron chi connectivity index (χ2n) is 7.38. The normalized spacial score (nSPS) is 17.0. The van der Waals surface area contributed by atoms with Crippen molar-refractivity contribution in [2.24, 2.45) is 5.92 Å². The fourth-order valence-corrected chi connectivity index (χ4v) is 3.34. The van der Waals surface area contributed by atoms with Crippen molar-refractivity contribution < 1.29 is 24.2 Å². The number of aliphatic hydroxyl groups excluding tert-OH is 1. The fraction of sp³-hybridized carbons (Fsp3) is 0.762. The van der Waals surface area contributed by atoms with Crippen molar-refractivity contribution in [1.82, 2.24) is 10.6 Å². The van der Waals surface area contributed by atoms with E-state index in [0.717, 1.165) is 19.3 Å². The zero-order valence-electron chi connectivity index (χ0n) is 17.3. The minimum atomic E-state index is -1.15. The summed E-state index contributed by atoms with van der Waals surface area (Å²) in [5.41, 5.74) is 0.466. The molecule has 0 aliphatic carbocycles. The molecule has 1 rings (SSSR count). The first kappa shape index (κ1) is 24.1. The van der Waals surface area contributed by atoms with Crippen molar-refractivity contribution in [2.75, 3.05) is 13.6 Å². The smallest absolute Gasteiger partial charge is 0.336 e. The molecule has 1 aliphatic heterocycles. The summed E-state index contributed by atoms with van der Waals surface area (Å²) in [5, 5.41) is 14.5. The van der Waals surface area contributed by atoms with E-state index in [0.29, 0.717) is 24.8 Å². The van der Waals surface area contributed by atoms with E-state index in [9.17, 15) is 19.5 Å². The lowest BCUT2D eigenvalue weighted by molar-refractivity contribution is -0.151. The number of nitrogens with one attached hydrogen (secondary N) is 2. The molecule has 0 saturated carbocycles. The Morgan fingerprint density at radius 3 is 2.36 bits per heavy atom. The van der Waals surface area contributed by atoms with E-state index >= 15 is 0 Å². The van der Waals surface area contributed by atoms with Gasteiger partial charge in [-0.25, -0.2) is 4.79 Å². The maximum absolute atomic E-state index is 12.5. The first-order valence-electron chi connectivity index (χ1n) is 10.6. The number of rotatable bonds is 15. The molecule has 28 heavy (non-hydrogen) atoms. The van der Waals surface area contributed by atoms with Crippen LogP contribution in [-0.2, 0) is 19.1 Å². The molecule has 2 amide bonds. The lowest BCUT2D eigenvalue weighted by Crippen LogP contribution is -2.38. The quantitative estimate of drug-likeness (QED) is 0.291. The van der Waals surface area contributed by atoms with E-state index in [1.807, 2.05) is 0 Å². The number of carbonyl (C=O) groups excluding carboxylic acids is 3. The van der Waals surface area contributed by atoms with Crippen LogP contribution in [0.1, 0.15) is 77.6 Å². The number of carbonyl (C=O) groups is 3. The average Bonchev–Trinajstić information content (AvgIpc) is 3.00. The highest BCUT2D eigenvalue weighted by atomic mass is 16.6. The third-order valence-corrected chi connectivity index (χ3v) is 5.06. The van der Waals surface area contributed by atoms with E-state index < -0.39 is 12.3 Å². The van der Waals surface area contributed by atoms with Gasteiger partial charge in [-0.05, 0) is 31.8 Å². The van der Waals surface area contributed by atoms with Gasteiger partial charge in [0.05, 0.1) is 6.54 Å².